The minimum absolute atomic E-state index is 0.163. The average Bonchev–Trinajstić information content (AvgIpc) is 2.67. The zero-order chi connectivity index (χ0) is 20.1. The molecular weight excluding hydrogens is 373 g/mol. The Hall–Kier alpha value is -2.97. The maximum Gasteiger partial charge on any atom is 0.338 e. The highest BCUT2D eigenvalue weighted by molar-refractivity contribution is 5.94. The molecule has 2 aromatic rings. The van der Waals surface area contributed by atoms with Gasteiger partial charge in [-0.2, -0.15) is 0 Å². The molecule has 0 aromatic heterocycles. The fourth-order valence-electron chi connectivity index (χ4n) is 2.14. The zero-order valence-electron chi connectivity index (χ0n) is 14.0. The van der Waals surface area contributed by atoms with Crippen molar-refractivity contribution in [1.29, 1.82) is 0 Å². The van der Waals surface area contributed by atoms with Gasteiger partial charge in [0.05, 0.1) is 18.6 Å². The molecule has 27 heavy (non-hydrogen) atoms. The highest BCUT2D eigenvalue weighted by Crippen LogP contribution is 2.23. The number of anilines is 1. The van der Waals surface area contributed by atoms with Crippen molar-refractivity contribution in [2.45, 2.75) is 19.8 Å². The Balaban J connectivity index is 2.10. The topological polar surface area (TPSA) is 55.4 Å². The maximum atomic E-state index is 13.6. The van der Waals surface area contributed by atoms with E-state index in [4.69, 9.17) is 4.74 Å². The third-order valence-electron chi connectivity index (χ3n) is 3.48. The average molecular weight is 387 g/mol. The monoisotopic (exact) mass is 387 g/mol. The van der Waals surface area contributed by atoms with Gasteiger partial charge in [-0.15, -0.1) is 0 Å². The molecule has 1 amide bonds. The van der Waals surface area contributed by atoms with Crippen LogP contribution in [0.15, 0.2) is 24.3 Å². The van der Waals surface area contributed by atoms with Gasteiger partial charge in [-0.1, -0.05) is 6.92 Å². The first-order valence-corrected chi connectivity index (χ1v) is 7.83. The number of carbonyl (C=O) groups is 2. The number of rotatable bonds is 6. The molecule has 9 heteroatoms. The number of halogens is 5. The summed E-state index contributed by atoms with van der Waals surface area (Å²) in [6, 6.07) is 5.37. The Morgan fingerprint density at radius 3 is 1.93 bits per heavy atom. The van der Waals surface area contributed by atoms with Gasteiger partial charge in [0.25, 0.3) is 0 Å². The third kappa shape index (κ3) is 4.60. The number of nitrogens with one attached hydrogen (secondary N) is 1. The summed E-state index contributed by atoms with van der Waals surface area (Å²) in [5, 5.41) is 2.24. The molecule has 0 spiro atoms. The van der Waals surface area contributed by atoms with Gasteiger partial charge in [0.15, 0.2) is 23.3 Å². The van der Waals surface area contributed by atoms with Crippen LogP contribution in [0, 0.1) is 29.1 Å². The second-order valence-electron chi connectivity index (χ2n) is 5.49. The van der Waals surface area contributed by atoms with E-state index in [1.165, 1.54) is 24.3 Å². The molecule has 0 atom stereocenters. The lowest BCUT2D eigenvalue weighted by molar-refractivity contribution is -0.115. The molecule has 0 aliphatic heterocycles. The summed E-state index contributed by atoms with van der Waals surface area (Å²) in [6.07, 6.45) is -0.413. The Kier molecular flexibility index (Phi) is 6.49. The normalized spacial score (nSPS) is 10.6. The van der Waals surface area contributed by atoms with Crippen molar-refractivity contribution < 1.29 is 36.3 Å². The Morgan fingerprint density at radius 1 is 0.889 bits per heavy atom. The van der Waals surface area contributed by atoms with Crippen LogP contribution in [-0.2, 0) is 16.0 Å². The van der Waals surface area contributed by atoms with Gasteiger partial charge in [-0.25, -0.2) is 26.7 Å². The summed E-state index contributed by atoms with van der Waals surface area (Å²) in [7, 11) is 0. The molecule has 144 valence electrons. The van der Waals surface area contributed by atoms with E-state index in [9.17, 15) is 31.5 Å². The number of hydrogen-bond donors (Lipinski definition) is 1. The SMILES string of the molecule is CCCOC(=O)c1ccc(NC(=O)Cc2c(F)c(F)c(F)c(F)c2F)cc1. The standard InChI is InChI=1S/C18H14F5NO3/c1-2-7-27-18(26)9-3-5-10(6-4-9)24-12(25)8-11-13(19)15(21)17(23)16(22)14(11)20/h3-6H,2,7-8H2,1H3,(H,24,25). The molecule has 4 nitrogen and oxygen atoms in total. The summed E-state index contributed by atoms with van der Waals surface area (Å²) >= 11 is 0. The van der Waals surface area contributed by atoms with Crippen molar-refractivity contribution in [2.75, 3.05) is 11.9 Å². The lowest BCUT2D eigenvalue weighted by atomic mass is 10.1. The molecular formula is C18H14F5NO3. The summed E-state index contributed by atoms with van der Waals surface area (Å²) in [4.78, 5) is 23.5. The predicted molar refractivity (Wildman–Crippen MR) is 85.6 cm³/mol. The van der Waals surface area contributed by atoms with E-state index in [1.54, 1.807) is 0 Å². The van der Waals surface area contributed by atoms with E-state index >= 15 is 0 Å². The van der Waals surface area contributed by atoms with Crippen molar-refractivity contribution in [3.8, 4) is 0 Å². The molecule has 0 fully saturated rings. The zero-order valence-corrected chi connectivity index (χ0v) is 14.0. The largest absolute Gasteiger partial charge is 0.462 e. The van der Waals surface area contributed by atoms with Crippen LogP contribution in [-0.4, -0.2) is 18.5 Å². The second-order valence-corrected chi connectivity index (χ2v) is 5.49. The molecule has 0 heterocycles. The lowest BCUT2D eigenvalue weighted by Gasteiger charge is -2.09. The van der Waals surface area contributed by atoms with E-state index in [-0.39, 0.29) is 17.9 Å². The molecule has 0 unspecified atom stereocenters. The van der Waals surface area contributed by atoms with Gasteiger partial charge >= 0.3 is 5.97 Å². The van der Waals surface area contributed by atoms with Crippen LogP contribution in [0.25, 0.3) is 0 Å². The highest BCUT2D eigenvalue weighted by atomic mass is 19.2. The third-order valence-corrected chi connectivity index (χ3v) is 3.48. The van der Waals surface area contributed by atoms with Crippen molar-refractivity contribution in [2.24, 2.45) is 0 Å². The Bertz CT molecular complexity index is 839. The van der Waals surface area contributed by atoms with Crippen LogP contribution in [0.3, 0.4) is 0 Å². The van der Waals surface area contributed by atoms with E-state index in [2.05, 4.69) is 5.32 Å². The van der Waals surface area contributed by atoms with Gasteiger partial charge in [-0.05, 0) is 30.7 Å². The maximum absolute atomic E-state index is 13.6. The number of ether oxygens (including phenoxy) is 1. The van der Waals surface area contributed by atoms with E-state index < -0.39 is 52.9 Å². The molecule has 0 aliphatic carbocycles. The first-order valence-electron chi connectivity index (χ1n) is 7.83. The Morgan fingerprint density at radius 2 is 1.41 bits per heavy atom. The summed E-state index contributed by atoms with van der Waals surface area (Å²) in [6.45, 7) is 2.08. The van der Waals surface area contributed by atoms with Crippen molar-refractivity contribution in [3.63, 3.8) is 0 Å². The van der Waals surface area contributed by atoms with Crippen LogP contribution in [0.4, 0.5) is 27.6 Å². The molecule has 1 N–H and O–H groups in total. The molecule has 0 radical (unpaired) electrons. The molecule has 0 saturated heterocycles. The molecule has 0 aliphatic rings. The van der Waals surface area contributed by atoms with E-state index in [0.29, 0.717) is 6.42 Å². The van der Waals surface area contributed by atoms with E-state index in [1.807, 2.05) is 6.92 Å². The van der Waals surface area contributed by atoms with Gasteiger partial charge < -0.3 is 10.1 Å². The highest BCUT2D eigenvalue weighted by Gasteiger charge is 2.26. The van der Waals surface area contributed by atoms with Gasteiger partial charge in [0.2, 0.25) is 11.7 Å². The van der Waals surface area contributed by atoms with Gasteiger partial charge in [0.1, 0.15) is 0 Å². The number of amides is 1. The van der Waals surface area contributed by atoms with Crippen LogP contribution >= 0.6 is 0 Å². The van der Waals surface area contributed by atoms with Crippen LogP contribution < -0.4 is 5.32 Å². The molecule has 2 rings (SSSR count). The minimum Gasteiger partial charge on any atom is -0.462 e. The van der Waals surface area contributed by atoms with Gasteiger partial charge in [-0.3, -0.25) is 4.79 Å². The minimum atomic E-state index is -2.29. The van der Waals surface area contributed by atoms with Crippen molar-refractivity contribution in [1.82, 2.24) is 0 Å². The van der Waals surface area contributed by atoms with Crippen molar-refractivity contribution in [3.05, 3.63) is 64.5 Å². The number of esters is 1. The molecule has 2 aromatic carbocycles. The van der Waals surface area contributed by atoms with E-state index in [0.717, 1.165) is 0 Å². The number of carbonyl (C=O) groups excluding carboxylic acids is 2. The first-order chi connectivity index (χ1) is 12.8. The summed E-state index contributed by atoms with van der Waals surface area (Å²) in [5.74, 6) is -12.2. The Labute approximate surface area is 150 Å². The number of hydrogen-bond acceptors (Lipinski definition) is 3. The lowest BCUT2D eigenvalue weighted by Crippen LogP contribution is -2.18. The fraction of sp³-hybridized carbons (Fsp3) is 0.222. The smallest absolute Gasteiger partial charge is 0.338 e. The number of benzene rings is 2. The first kappa shape index (κ1) is 20.3. The van der Waals surface area contributed by atoms with Crippen molar-refractivity contribution >= 4 is 17.6 Å². The fourth-order valence-corrected chi connectivity index (χ4v) is 2.14. The molecule has 0 bridgehead atoms. The van der Waals surface area contributed by atoms with Crippen LogP contribution in [0.5, 0.6) is 0 Å². The summed E-state index contributed by atoms with van der Waals surface area (Å²) < 4.78 is 71.4. The predicted octanol–water partition coefficient (Wildman–Crippen LogP) is 4.13. The van der Waals surface area contributed by atoms with Gasteiger partial charge in [0, 0.05) is 11.3 Å². The second kappa shape index (κ2) is 8.61. The summed E-state index contributed by atoms with van der Waals surface area (Å²) in [5.41, 5.74) is -0.846. The quantitative estimate of drug-likeness (QED) is 0.351. The van der Waals surface area contributed by atoms with Crippen LogP contribution in [0.2, 0.25) is 0 Å². The molecule has 0 saturated carbocycles. The van der Waals surface area contributed by atoms with Crippen LogP contribution in [0.1, 0.15) is 29.3 Å².